The Bertz CT molecular complexity index is 786. The maximum atomic E-state index is 12.6. The molecule has 10 nitrogen and oxygen atoms in total. The Labute approximate surface area is 152 Å². The van der Waals surface area contributed by atoms with Crippen LogP contribution in [0.2, 0.25) is 0 Å². The first-order valence-corrected chi connectivity index (χ1v) is 9.70. The van der Waals surface area contributed by atoms with Crippen LogP contribution in [0.3, 0.4) is 0 Å². The minimum atomic E-state index is -3.53. The number of nitrogens with two attached hydrogens (primary N) is 1. The number of carbonyl (C=O) groups excluding carboxylic acids is 1. The van der Waals surface area contributed by atoms with Crippen LogP contribution in [0.5, 0.6) is 0 Å². The lowest BCUT2D eigenvalue weighted by atomic mass is 10.1. The predicted molar refractivity (Wildman–Crippen MR) is 97.2 cm³/mol. The molecule has 2 N–H and O–H groups in total. The Hall–Kier alpha value is -2.24. The van der Waals surface area contributed by atoms with Gasteiger partial charge in [0.15, 0.2) is 0 Å². The lowest BCUT2D eigenvalue weighted by Crippen LogP contribution is -2.53. The van der Waals surface area contributed by atoms with E-state index in [2.05, 4.69) is 0 Å². The molecule has 0 radical (unpaired) electrons. The number of hydrogen-bond acceptors (Lipinski definition) is 6. The van der Waals surface area contributed by atoms with Gasteiger partial charge in [-0.15, -0.1) is 0 Å². The second kappa shape index (κ2) is 7.98. The first kappa shape index (κ1) is 20.1. The molecule has 26 heavy (non-hydrogen) atoms. The van der Waals surface area contributed by atoms with Crippen LogP contribution in [0.15, 0.2) is 18.2 Å². The smallest absolute Gasteiger partial charge is 0.293 e. The highest BCUT2D eigenvalue weighted by atomic mass is 32.2. The SMILES string of the molecule is CCN(CC)S(=O)(=O)N1CCN(c2ccc(C(N)=O)cc2[N+](=O)[O-])CC1. The number of carbonyl (C=O) groups is 1. The van der Waals surface area contributed by atoms with Gasteiger partial charge in [-0.2, -0.15) is 17.0 Å². The van der Waals surface area contributed by atoms with Gasteiger partial charge in [-0.3, -0.25) is 14.9 Å². The molecule has 144 valence electrons. The van der Waals surface area contributed by atoms with Gasteiger partial charge in [-0.05, 0) is 12.1 Å². The summed E-state index contributed by atoms with van der Waals surface area (Å²) in [5, 5.41) is 11.3. The zero-order valence-corrected chi connectivity index (χ0v) is 15.6. The van der Waals surface area contributed by atoms with E-state index in [-0.39, 0.29) is 24.3 Å². The van der Waals surface area contributed by atoms with Gasteiger partial charge in [-0.1, -0.05) is 13.8 Å². The van der Waals surface area contributed by atoms with Gasteiger partial charge in [0.25, 0.3) is 15.9 Å². The van der Waals surface area contributed by atoms with Crippen LogP contribution >= 0.6 is 0 Å². The Morgan fingerprint density at radius 2 is 1.81 bits per heavy atom. The first-order valence-electron chi connectivity index (χ1n) is 8.30. The largest absolute Gasteiger partial charge is 0.366 e. The van der Waals surface area contributed by atoms with Crippen molar-refractivity contribution < 1.29 is 18.1 Å². The predicted octanol–water partition coefficient (Wildman–Crippen LogP) is 0.402. The average Bonchev–Trinajstić information content (AvgIpc) is 2.62. The maximum Gasteiger partial charge on any atom is 0.293 e. The highest BCUT2D eigenvalue weighted by Crippen LogP contribution is 2.30. The van der Waals surface area contributed by atoms with E-state index in [0.717, 1.165) is 6.07 Å². The van der Waals surface area contributed by atoms with Crippen molar-refractivity contribution in [1.29, 1.82) is 0 Å². The summed E-state index contributed by atoms with van der Waals surface area (Å²) in [6.07, 6.45) is 0. The minimum absolute atomic E-state index is 0.0585. The van der Waals surface area contributed by atoms with Gasteiger partial charge in [0.05, 0.1) is 4.92 Å². The Morgan fingerprint density at radius 1 is 1.23 bits per heavy atom. The number of nitro groups is 1. The summed E-state index contributed by atoms with van der Waals surface area (Å²) in [6.45, 7) is 5.43. The van der Waals surface area contributed by atoms with Gasteiger partial charge in [-0.25, -0.2) is 0 Å². The molecule has 1 aromatic carbocycles. The molecule has 11 heteroatoms. The Balaban J connectivity index is 2.20. The van der Waals surface area contributed by atoms with E-state index in [9.17, 15) is 23.3 Å². The van der Waals surface area contributed by atoms with E-state index in [1.807, 2.05) is 0 Å². The van der Waals surface area contributed by atoms with Gasteiger partial charge < -0.3 is 10.6 Å². The van der Waals surface area contributed by atoms with Crippen LogP contribution in [-0.4, -0.2) is 67.1 Å². The lowest BCUT2D eigenvalue weighted by Gasteiger charge is -2.37. The second-order valence-electron chi connectivity index (χ2n) is 5.80. The standard InChI is InChI=1S/C15H23N5O5S/c1-3-18(4-2)26(24,25)19-9-7-17(8-10-19)13-6-5-12(15(16)21)11-14(13)20(22)23/h5-6,11H,3-4,7-10H2,1-2H3,(H2,16,21). The third kappa shape index (κ3) is 3.94. The summed E-state index contributed by atoms with van der Waals surface area (Å²) in [5.74, 6) is -0.741. The van der Waals surface area contributed by atoms with Crippen LogP contribution in [0, 0.1) is 10.1 Å². The number of primary amides is 1. The number of nitro benzene ring substituents is 1. The molecule has 1 aliphatic heterocycles. The molecule has 1 aliphatic rings. The van der Waals surface area contributed by atoms with Gasteiger partial charge in [0, 0.05) is 50.9 Å². The van der Waals surface area contributed by atoms with Gasteiger partial charge >= 0.3 is 0 Å². The van der Waals surface area contributed by atoms with E-state index >= 15 is 0 Å². The number of amides is 1. The van der Waals surface area contributed by atoms with Crippen molar-refractivity contribution in [2.75, 3.05) is 44.2 Å². The van der Waals surface area contributed by atoms with Crippen molar-refractivity contribution in [2.45, 2.75) is 13.8 Å². The number of rotatable bonds is 7. The number of nitrogens with zero attached hydrogens (tertiary/aromatic N) is 4. The fourth-order valence-electron chi connectivity index (χ4n) is 2.96. The van der Waals surface area contributed by atoms with Crippen LogP contribution in [0.25, 0.3) is 0 Å². The molecule has 2 rings (SSSR count). The minimum Gasteiger partial charge on any atom is -0.366 e. The molecule has 0 spiro atoms. The Morgan fingerprint density at radius 3 is 2.27 bits per heavy atom. The molecule has 1 amide bonds. The van der Waals surface area contributed by atoms with Crippen molar-refractivity contribution in [3.8, 4) is 0 Å². The van der Waals surface area contributed by atoms with Crippen LogP contribution < -0.4 is 10.6 Å². The molecule has 0 aromatic heterocycles. The summed E-state index contributed by atoms with van der Waals surface area (Å²) < 4.78 is 27.9. The van der Waals surface area contributed by atoms with Crippen molar-refractivity contribution in [2.24, 2.45) is 5.73 Å². The molecule has 1 aromatic rings. The summed E-state index contributed by atoms with van der Waals surface area (Å²) >= 11 is 0. The maximum absolute atomic E-state index is 12.6. The third-order valence-corrected chi connectivity index (χ3v) is 6.58. The number of hydrogen-bond donors (Lipinski definition) is 1. The summed E-state index contributed by atoms with van der Waals surface area (Å²) in [4.78, 5) is 23.8. The molecule has 1 saturated heterocycles. The summed E-state index contributed by atoms with van der Waals surface area (Å²) in [7, 11) is -3.53. The van der Waals surface area contributed by atoms with Crippen molar-refractivity contribution in [3.05, 3.63) is 33.9 Å². The normalized spacial score (nSPS) is 16.0. The molecule has 1 fully saturated rings. The number of anilines is 1. The van der Waals surface area contributed by atoms with Gasteiger partial charge in [0.2, 0.25) is 5.91 Å². The lowest BCUT2D eigenvalue weighted by molar-refractivity contribution is -0.384. The molecule has 0 bridgehead atoms. The second-order valence-corrected chi connectivity index (χ2v) is 7.73. The molecular weight excluding hydrogens is 362 g/mol. The fourth-order valence-corrected chi connectivity index (χ4v) is 4.57. The first-order chi connectivity index (χ1) is 12.2. The highest BCUT2D eigenvalue weighted by Gasteiger charge is 2.32. The molecule has 1 heterocycles. The van der Waals surface area contributed by atoms with E-state index in [0.29, 0.717) is 31.9 Å². The van der Waals surface area contributed by atoms with Crippen molar-refractivity contribution >= 4 is 27.5 Å². The van der Waals surface area contributed by atoms with Crippen LogP contribution in [0.4, 0.5) is 11.4 Å². The fraction of sp³-hybridized carbons (Fsp3) is 0.533. The molecular formula is C15H23N5O5S. The van der Waals surface area contributed by atoms with E-state index < -0.39 is 21.0 Å². The molecule has 0 saturated carbocycles. The zero-order chi connectivity index (χ0) is 19.5. The van der Waals surface area contributed by atoms with E-state index in [1.165, 1.54) is 20.7 Å². The number of benzene rings is 1. The van der Waals surface area contributed by atoms with Crippen molar-refractivity contribution in [1.82, 2.24) is 8.61 Å². The van der Waals surface area contributed by atoms with E-state index in [1.54, 1.807) is 18.7 Å². The van der Waals surface area contributed by atoms with Crippen molar-refractivity contribution in [3.63, 3.8) is 0 Å². The Kier molecular flexibility index (Phi) is 6.16. The zero-order valence-electron chi connectivity index (χ0n) is 14.8. The van der Waals surface area contributed by atoms with Crippen LogP contribution in [0.1, 0.15) is 24.2 Å². The summed E-state index contributed by atoms with van der Waals surface area (Å²) in [6, 6.07) is 4.06. The average molecular weight is 385 g/mol. The topological polar surface area (TPSA) is 130 Å². The molecule has 0 aliphatic carbocycles. The molecule has 0 unspecified atom stereocenters. The molecule has 0 atom stereocenters. The van der Waals surface area contributed by atoms with Gasteiger partial charge in [0.1, 0.15) is 5.69 Å². The monoisotopic (exact) mass is 385 g/mol. The van der Waals surface area contributed by atoms with Crippen LogP contribution in [-0.2, 0) is 10.2 Å². The highest BCUT2D eigenvalue weighted by molar-refractivity contribution is 7.86. The number of piperazine rings is 1. The quantitative estimate of drug-likeness (QED) is 0.534. The summed E-state index contributed by atoms with van der Waals surface area (Å²) in [5.41, 5.74) is 5.36. The van der Waals surface area contributed by atoms with E-state index in [4.69, 9.17) is 5.73 Å². The third-order valence-electron chi connectivity index (χ3n) is 4.39.